The van der Waals surface area contributed by atoms with Crippen LogP contribution >= 0.6 is 15.9 Å². The van der Waals surface area contributed by atoms with E-state index in [0.29, 0.717) is 23.5 Å². The second-order valence-electron chi connectivity index (χ2n) is 3.77. The van der Waals surface area contributed by atoms with Gasteiger partial charge in [0.25, 0.3) is 0 Å². The highest BCUT2D eigenvalue weighted by Gasteiger charge is 2.00. The predicted molar refractivity (Wildman–Crippen MR) is 61.7 cm³/mol. The summed E-state index contributed by atoms with van der Waals surface area (Å²) in [4.78, 5) is 5.21. The second kappa shape index (κ2) is 6.20. The third kappa shape index (κ3) is 4.73. The van der Waals surface area contributed by atoms with E-state index in [0.717, 1.165) is 5.56 Å². The maximum atomic E-state index is 12.9. The summed E-state index contributed by atoms with van der Waals surface area (Å²) in [5.74, 6) is 0.249. The highest BCUT2D eigenvalue weighted by molar-refractivity contribution is 9.10. The fourth-order valence-electron chi connectivity index (χ4n) is 1.01. The van der Waals surface area contributed by atoms with Crippen molar-refractivity contribution < 1.29 is 9.23 Å². The smallest absolute Gasteiger partial charge is 0.137 e. The molecule has 0 fully saturated rings. The van der Waals surface area contributed by atoms with E-state index in [2.05, 4.69) is 35.3 Å². The topological polar surface area (TPSA) is 21.3 Å². The summed E-state index contributed by atoms with van der Waals surface area (Å²) >= 11 is 3.13. The molecule has 0 spiro atoms. The highest BCUT2D eigenvalue weighted by Crippen LogP contribution is 2.16. The molecule has 1 aromatic rings. The monoisotopic (exact) mass is 275 g/mol. The van der Waals surface area contributed by atoms with Gasteiger partial charge in [-0.25, -0.2) is 4.39 Å². The normalized spacial score (nSPS) is 11.0. The minimum absolute atomic E-state index is 0.248. The number of hydrogen-bond donors (Lipinski definition) is 1. The summed E-state index contributed by atoms with van der Waals surface area (Å²) in [6.45, 7) is 5.40. The van der Waals surface area contributed by atoms with Crippen LogP contribution in [0, 0.1) is 11.7 Å². The molecule has 1 N–H and O–H groups in total. The standard InChI is InChI=1S/C11H15BrFNO/c1-8(2)7-15-14-6-9-3-4-11(13)10(12)5-9/h3-5,8,14H,6-7H2,1-2H3. The Morgan fingerprint density at radius 1 is 1.47 bits per heavy atom. The maximum absolute atomic E-state index is 12.9. The summed E-state index contributed by atoms with van der Waals surface area (Å²) in [5, 5.41) is 0. The second-order valence-corrected chi connectivity index (χ2v) is 4.63. The molecule has 0 aromatic heterocycles. The Morgan fingerprint density at radius 2 is 2.20 bits per heavy atom. The Labute approximate surface area is 97.9 Å². The largest absolute Gasteiger partial charge is 0.301 e. The third-order valence-electron chi connectivity index (χ3n) is 1.78. The molecule has 84 valence electrons. The van der Waals surface area contributed by atoms with Crippen molar-refractivity contribution in [3.05, 3.63) is 34.1 Å². The lowest BCUT2D eigenvalue weighted by molar-refractivity contribution is 0.0196. The molecule has 0 amide bonds. The molecule has 0 radical (unpaired) electrons. The molecule has 0 heterocycles. The van der Waals surface area contributed by atoms with E-state index in [1.54, 1.807) is 12.1 Å². The van der Waals surface area contributed by atoms with E-state index in [9.17, 15) is 4.39 Å². The zero-order valence-corrected chi connectivity index (χ0v) is 10.5. The van der Waals surface area contributed by atoms with Gasteiger partial charge in [0.2, 0.25) is 0 Å². The summed E-state index contributed by atoms with van der Waals surface area (Å²) in [5.41, 5.74) is 3.82. The van der Waals surface area contributed by atoms with Crippen molar-refractivity contribution in [3.8, 4) is 0 Å². The van der Waals surface area contributed by atoms with Crippen LogP contribution in [0.1, 0.15) is 19.4 Å². The molecule has 0 saturated carbocycles. The number of hydrogen-bond acceptors (Lipinski definition) is 2. The lowest BCUT2D eigenvalue weighted by Gasteiger charge is -2.08. The maximum Gasteiger partial charge on any atom is 0.137 e. The highest BCUT2D eigenvalue weighted by atomic mass is 79.9. The Morgan fingerprint density at radius 3 is 2.80 bits per heavy atom. The average Bonchev–Trinajstić information content (AvgIpc) is 2.18. The first-order valence-corrected chi connectivity index (χ1v) is 5.67. The van der Waals surface area contributed by atoms with Crippen LogP contribution in [-0.4, -0.2) is 6.61 Å². The van der Waals surface area contributed by atoms with Gasteiger partial charge in [0.05, 0.1) is 11.1 Å². The molecule has 0 saturated heterocycles. The van der Waals surface area contributed by atoms with E-state index in [1.165, 1.54) is 6.07 Å². The molecular formula is C11H15BrFNO. The number of nitrogens with one attached hydrogen (secondary N) is 1. The van der Waals surface area contributed by atoms with Crippen molar-refractivity contribution in [1.82, 2.24) is 5.48 Å². The Balaban J connectivity index is 2.35. The zero-order valence-electron chi connectivity index (χ0n) is 8.89. The molecule has 1 aromatic carbocycles. The predicted octanol–water partition coefficient (Wildman–Crippen LogP) is 3.27. The van der Waals surface area contributed by atoms with Gasteiger partial charge >= 0.3 is 0 Å². The van der Waals surface area contributed by atoms with Crippen LogP contribution in [0.5, 0.6) is 0 Å². The van der Waals surface area contributed by atoms with Gasteiger partial charge in [-0.05, 0) is 39.5 Å². The van der Waals surface area contributed by atoms with Crippen LogP contribution in [0.3, 0.4) is 0 Å². The van der Waals surface area contributed by atoms with Crippen LogP contribution in [0.4, 0.5) is 4.39 Å². The van der Waals surface area contributed by atoms with Crippen molar-refractivity contribution in [2.75, 3.05) is 6.61 Å². The summed E-state index contributed by atoms with van der Waals surface area (Å²) in [7, 11) is 0. The fourth-order valence-corrected chi connectivity index (χ4v) is 1.44. The zero-order chi connectivity index (χ0) is 11.3. The number of halogens is 2. The molecule has 0 aliphatic carbocycles. The lowest BCUT2D eigenvalue weighted by Crippen LogP contribution is -2.17. The molecule has 0 atom stereocenters. The van der Waals surface area contributed by atoms with E-state index >= 15 is 0 Å². The van der Waals surface area contributed by atoms with Crippen molar-refractivity contribution in [3.63, 3.8) is 0 Å². The van der Waals surface area contributed by atoms with E-state index in [4.69, 9.17) is 4.84 Å². The van der Waals surface area contributed by atoms with Crippen molar-refractivity contribution in [2.24, 2.45) is 5.92 Å². The molecule has 2 nitrogen and oxygen atoms in total. The molecule has 0 unspecified atom stereocenters. The molecule has 4 heteroatoms. The molecule has 0 bridgehead atoms. The first-order chi connectivity index (χ1) is 7.09. The van der Waals surface area contributed by atoms with Gasteiger partial charge in [-0.2, -0.15) is 5.48 Å². The molecule has 1 rings (SSSR count). The summed E-state index contributed by atoms with van der Waals surface area (Å²) in [6.07, 6.45) is 0. The number of rotatable bonds is 5. The Bertz CT molecular complexity index is 317. The van der Waals surface area contributed by atoms with Gasteiger partial charge in [0.15, 0.2) is 0 Å². The van der Waals surface area contributed by atoms with Gasteiger partial charge in [-0.1, -0.05) is 19.9 Å². The quantitative estimate of drug-likeness (QED) is 0.658. The lowest BCUT2D eigenvalue weighted by atomic mass is 10.2. The van der Waals surface area contributed by atoms with Gasteiger partial charge in [-0.3, -0.25) is 0 Å². The number of benzene rings is 1. The average molecular weight is 276 g/mol. The van der Waals surface area contributed by atoms with Crippen LogP contribution in [0.25, 0.3) is 0 Å². The Kier molecular flexibility index (Phi) is 5.22. The minimum Gasteiger partial charge on any atom is -0.301 e. The number of hydroxylamine groups is 1. The van der Waals surface area contributed by atoms with E-state index < -0.39 is 0 Å². The first-order valence-electron chi connectivity index (χ1n) is 4.88. The molecular weight excluding hydrogens is 261 g/mol. The van der Waals surface area contributed by atoms with Crippen molar-refractivity contribution in [2.45, 2.75) is 20.4 Å². The third-order valence-corrected chi connectivity index (χ3v) is 2.39. The van der Waals surface area contributed by atoms with Crippen LogP contribution in [0.2, 0.25) is 0 Å². The van der Waals surface area contributed by atoms with Crippen LogP contribution in [0.15, 0.2) is 22.7 Å². The fraction of sp³-hybridized carbons (Fsp3) is 0.455. The van der Waals surface area contributed by atoms with Crippen LogP contribution < -0.4 is 5.48 Å². The van der Waals surface area contributed by atoms with E-state index in [1.807, 2.05) is 0 Å². The van der Waals surface area contributed by atoms with Crippen LogP contribution in [-0.2, 0) is 11.4 Å². The SMILES string of the molecule is CC(C)CONCc1ccc(F)c(Br)c1. The first kappa shape index (κ1) is 12.6. The summed E-state index contributed by atoms with van der Waals surface area (Å²) < 4.78 is 13.4. The molecule has 15 heavy (non-hydrogen) atoms. The van der Waals surface area contributed by atoms with Crippen molar-refractivity contribution in [1.29, 1.82) is 0 Å². The van der Waals surface area contributed by atoms with Gasteiger partial charge in [-0.15, -0.1) is 0 Å². The van der Waals surface area contributed by atoms with Gasteiger partial charge in [0, 0.05) is 6.54 Å². The van der Waals surface area contributed by atoms with E-state index in [-0.39, 0.29) is 5.82 Å². The molecule has 0 aliphatic rings. The van der Waals surface area contributed by atoms with Gasteiger partial charge in [0.1, 0.15) is 5.82 Å². The Hall–Kier alpha value is -0.450. The molecule has 0 aliphatic heterocycles. The minimum atomic E-state index is -0.248. The van der Waals surface area contributed by atoms with Gasteiger partial charge < -0.3 is 4.84 Å². The summed E-state index contributed by atoms with van der Waals surface area (Å²) in [6, 6.07) is 4.90. The van der Waals surface area contributed by atoms with Crippen molar-refractivity contribution >= 4 is 15.9 Å².